The third-order valence-electron chi connectivity index (χ3n) is 2.24. The Balaban J connectivity index is 2.39. The Morgan fingerprint density at radius 2 is 2.31 bits per heavy atom. The molecular weight excluding hydrogens is 166 g/mol. The first-order valence-electron chi connectivity index (χ1n) is 4.32. The number of carbonyl (C=O) groups excluding carboxylic acids is 1. The second-order valence-electron chi connectivity index (χ2n) is 3.48. The predicted octanol–water partition coefficient (Wildman–Crippen LogP) is 1.06. The van der Waals surface area contributed by atoms with Crippen molar-refractivity contribution in [1.82, 2.24) is 14.8 Å². The van der Waals surface area contributed by atoms with Gasteiger partial charge < -0.3 is 0 Å². The maximum atomic E-state index is 11.4. The Morgan fingerprint density at radius 1 is 1.54 bits per heavy atom. The number of aromatic nitrogens is 3. The van der Waals surface area contributed by atoms with Crippen LogP contribution in [0.15, 0.2) is 18.0 Å². The maximum Gasteiger partial charge on any atom is 0.272 e. The highest BCUT2D eigenvalue weighted by Gasteiger charge is 2.19. The van der Waals surface area contributed by atoms with Crippen LogP contribution in [0.1, 0.15) is 24.5 Å². The molecule has 2 heterocycles. The summed E-state index contributed by atoms with van der Waals surface area (Å²) in [6.07, 6.45) is 3.82. The molecule has 1 aromatic rings. The van der Waals surface area contributed by atoms with Gasteiger partial charge in [-0.25, -0.2) is 4.98 Å². The molecule has 0 aromatic carbocycles. The van der Waals surface area contributed by atoms with E-state index in [1.54, 1.807) is 6.08 Å². The first kappa shape index (κ1) is 8.16. The van der Waals surface area contributed by atoms with E-state index in [4.69, 9.17) is 0 Å². The van der Waals surface area contributed by atoms with Gasteiger partial charge in [0, 0.05) is 12.5 Å². The molecule has 1 aromatic heterocycles. The molecule has 0 atom stereocenters. The van der Waals surface area contributed by atoms with Gasteiger partial charge in [-0.15, -0.1) is 0 Å². The van der Waals surface area contributed by atoms with Crippen molar-refractivity contribution in [3.8, 4) is 0 Å². The molecule has 0 bridgehead atoms. The molecule has 0 N–H and O–H groups in total. The van der Waals surface area contributed by atoms with Crippen LogP contribution in [-0.4, -0.2) is 20.7 Å². The Hall–Kier alpha value is -1.45. The van der Waals surface area contributed by atoms with Crippen LogP contribution >= 0.6 is 0 Å². The third-order valence-corrected chi connectivity index (χ3v) is 2.24. The number of allylic oxidation sites excluding steroid dienone is 2. The molecular formula is C9H11N3O. The smallest absolute Gasteiger partial charge is 0.267 e. The van der Waals surface area contributed by atoms with Crippen LogP contribution < -0.4 is 0 Å². The minimum atomic E-state index is -0.0811. The molecule has 68 valence electrons. The summed E-state index contributed by atoms with van der Waals surface area (Å²) in [4.78, 5) is 15.5. The lowest BCUT2D eigenvalue weighted by atomic mass is 9.97. The molecule has 4 heteroatoms. The first-order chi connectivity index (χ1) is 6.18. The molecule has 0 saturated carbocycles. The summed E-state index contributed by atoms with van der Waals surface area (Å²) in [5.41, 5.74) is 1.13. The molecule has 1 aliphatic rings. The minimum absolute atomic E-state index is 0.0811. The lowest BCUT2D eigenvalue weighted by molar-refractivity contribution is 0.0944. The third kappa shape index (κ3) is 1.28. The second kappa shape index (κ2) is 2.80. The van der Waals surface area contributed by atoms with Crippen molar-refractivity contribution in [1.29, 1.82) is 0 Å². The lowest BCUT2D eigenvalue weighted by Gasteiger charge is -2.15. The highest BCUT2D eigenvalue weighted by Crippen LogP contribution is 2.18. The molecule has 0 saturated heterocycles. The number of fused-ring (bicyclic) bond motifs is 1. The van der Waals surface area contributed by atoms with E-state index in [-0.39, 0.29) is 5.91 Å². The molecule has 0 spiro atoms. The molecule has 13 heavy (non-hydrogen) atoms. The zero-order valence-corrected chi connectivity index (χ0v) is 7.69. The van der Waals surface area contributed by atoms with Crippen molar-refractivity contribution in [2.45, 2.75) is 20.3 Å². The van der Waals surface area contributed by atoms with Gasteiger partial charge in [-0.3, -0.25) is 4.79 Å². The Morgan fingerprint density at radius 3 is 3.00 bits per heavy atom. The monoisotopic (exact) mass is 177 g/mol. The van der Waals surface area contributed by atoms with Crippen molar-refractivity contribution in [2.24, 2.45) is 5.92 Å². The Bertz CT molecular complexity index is 376. The summed E-state index contributed by atoms with van der Waals surface area (Å²) in [6.45, 7) is 4.15. The molecule has 4 nitrogen and oxygen atoms in total. The summed E-state index contributed by atoms with van der Waals surface area (Å²) in [6, 6.07) is 0. The van der Waals surface area contributed by atoms with Gasteiger partial charge in [0.25, 0.3) is 5.91 Å². The minimum Gasteiger partial charge on any atom is -0.267 e. The van der Waals surface area contributed by atoms with Gasteiger partial charge in [0.1, 0.15) is 12.2 Å². The SMILES string of the molecule is CC(C)C1=CC(=O)n2ncnc2C1. The normalized spacial score (nSPS) is 15.9. The summed E-state index contributed by atoms with van der Waals surface area (Å²) >= 11 is 0. The van der Waals surface area contributed by atoms with Gasteiger partial charge in [-0.1, -0.05) is 19.4 Å². The number of nitrogens with zero attached hydrogens (tertiary/aromatic N) is 3. The average molecular weight is 177 g/mol. The van der Waals surface area contributed by atoms with Crippen molar-refractivity contribution in [3.63, 3.8) is 0 Å². The summed E-state index contributed by atoms with van der Waals surface area (Å²) in [7, 11) is 0. The quantitative estimate of drug-likeness (QED) is 0.644. The molecule has 0 unspecified atom stereocenters. The van der Waals surface area contributed by atoms with Crippen LogP contribution in [0.25, 0.3) is 0 Å². The number of hydrogen-bond acceptors (Lipinski definition) is 3. The van der Waals surface area contributed by atoms with Crippen LogP contribution in [0.5, 0.6) is 0 Å². The van der Waals surface area contributed by atoms with Crippen LogP contribution in [0.2, 0.25) is 0 Å². The standard InChI is InChI=1S/C9H11N3O/c1-6(2)7-3-8-10-5-11-12(8)9(13)4-7/h4-6H,3H2,1-2H3. The van der Waals surface area contributed by atoms with Crippen molar-refractivity contribution >= 4 is 5.91 Å². The summed E-state index contributed by atoms with van der Waals surface area (Å²) in [5.74, 6) is 1.06. The number of carbonyl (C=O) groups is 1. The van der Waals surface area contributed by atoms with Gasteiger partial charge in [0.05, 0.1) is 0 Å². The molecule has 0 amide bonds. The fourth-order valence-corrected chi connectivity index (χ4v) is 1.39. The number of hydrogen-bond donors (Lipinski definition) is 0. The first-order valence-corrected chi connectivity index (χ1v) is 4.32. The zero-order chi connectivity index (χ0) is 9.42. The molecule has 0 fully saturated rings. The molecule has 1 aliphatic heterocycles. The zero-order valence-electron chi connectivity index (χ0n) is 7.69. The van der Waals surface area contributed by atoms with E-state index in [1.807, 2.05) is 0 Å². The highest BCUT2D eigenvalue weighted by molar-refractivity contribution is 5.91. The highest BCUT2D eigenvalue weighted by atomic mass is 16.2. The topological polar surface area (TPSA) is 47.8 Å². The van der Waals surface area contributed by atoms with E-state index < -0.39 is 0 Å². The van der Waals surface area contributed by atoms with Gasteiger partial charge in [0.15, 0.2) is 0 Å². The summed E-state index contributed by atoms with van der Waals surface area (Å²) in [5, 5.41) is 3.84. The van der Waals surface area contributed by atoms with Crippen LogP contribution in [0, 0.1) is 5.92 Å². The van der Waals surface area contributed by atoms with Crippen LogP contribution in [0.4, 0.5) is 0 Å². The molecule has 0 radical (unpaired) electrons. The van der Waals surface area contributed by atoms with Gasteiger partial charge in [-0.05, 0) is 5.92 Å². The average Bonchev–Trinajstić information content (AvgIpc) is 2.51. The maximum absolute atomic E-state index is 11.4. The second-order valence-corrected chi connectivity index (χ2v) is 3.48. The van der Waals surface area contributed by atoms with E-state index in [2.05, 4.69) is 23.9 Å². The van der Waals surface area contributed by atoms with Crippen LogP contribution in [-0.2, 0) is 6.42 Å². The van der Waals surface area contributed by atoms with E-state index >= 15 is 0 Å². The van der Waals surface area contributed by atoms with E-state index in [1.165, 1.54) is 11.0 Å². The van der Waals surface area contributed by atoms with Crippen molar-refractivity contribution < 1.29 is 4.79 Å². The van der Waals surface area contributed by atoms with E-state index in [0.29, 0.717) is 5.92 Å². The lowest BCUT2D eigenvalue weighted by Crippen LogP contribution is -2.21. The fraction of sp³-hybridized carbons (Fsp3) is 0.444. The van der Waals surface area contributed by atoms with E-state index in [0.717, 1.165) is 17.8 Å². The predicted molar refractivity (Wildman–Crippen MR) is 47.3 cm³/mol. The largest absolute Gasteiger partial charge is 0.272 e. The van der Waals surface area contributed by atoms with Gasteiger partial charge in [-0.2, -0.15) is 9.78 Å². The number of rotatable bonds is 1. The van der Waals surface area contributed by atoms with E-state index in [9.17, 15) is 4.79 Å². The molecule has 0 aliphatic carbocycles. The van der Waals surface area contributed by atoms with Gasteiger partial charge >= 0.3 is 0 Å². The fourth-order valence-electron chi connectivity index (χ4n) is 1.39. The Kier molecular flexibility index (Phi) is 1.76. The van der Waals surface area contributed by atoms with Gasteiger partial charge in [0.2, 0.25) is 0 Å². The van der Waals surface area contributed by atoms with Crippen molar-refractivity contribution in [3.05, 3.63) is 23.8 Å². The van der Waals surface area contributed by atoms with Crippen molar-refractivity contribution in [2.75, 3.05) is 0 Å². The van der Waals surface area contributed by atoms with Crippen LogP contribution in [0.3, 0.4) is 0 Å². The Labute approximate surface area is 76.3 Å². The molecule has 2 rings (SSSR count). The summed E-state index contributed by atoms with van der Waals surface area (Å²) < 4.78 is 1.35.